The Bertz CT molecular complexity index is 575. The van der Waals surface area contributed by atoms with Crippen molar-refractivity contribution in [2.24, 2.45) is 11.7 Å². The molecule has 0 aliphatic carbocycles. The molecule has 0 aliphatic rings. The fourth-order valence-electron chi connectivity index (χ4n) is 2.41. The van der Waals surface area contributed by atoms with Gasteiger partial charge in [-0.1, -0.05) is 25.1 Å². The lowest BCUT2D eigenvalue weighted by molar-refractivity contribution is 0.594. The van der Waals surface area contributed by atoms with Crippen molar-refractivity contribution in [2.75, 3.05) is 25.5 Å². The standard InChI is InChI=1S/C16H23N3/c1-11(10-17)8-13-6-5-7-14-15(19(3)4)9-12(2)18-16(13)14/h5-7,9,11H,8,10,17H2,1-4H3. The van der Waals surface area contributed by atoms with Crippen molar-refractivity contribution in [1.29, 1.82) is 0 Å². The lowest BCUT2D eigenvalue weighted by Crippen LogP contribution is -2.14. The number of pyridine rings is 1. The molecule has 0 saturated carbocycles. The van der Waals surface area contributed by atoms with Gasteiger partial charge in [0, 0.05) is 30.9 Å². The van der Waals surface area contributed by atoms with Crippen LogP contribution in [0, 0.1) is 12.8 Å². The first-order valence-electron chi connectivity index (χ1n) is 6.79. The molecule has 2 N–H and O–H groups in total. The van der Waals surface area contributed by atoms with Crippen LogP contribution in [0.25, 0.3) is 10.9 Å². The molecule has 1 aromatic carbocycles. The van der Waals surface area contributed by atoms with E-state index < -0.39 is 0 Å². The summed E-state index contributed by atoms with van der Waals surface area (Å²) in [6.07, 6.45) is 0.983. The number of benzene rings is 1. The third-order valence-corrected chi connectivity index (χ3v) is 3.48. The van der Waals surface area contributed by atoms with Crippen LogP contribution in [0.5, 0.6) is 0 Å². The Balaban J connectivity index is 2.61. The summed E-state index contributed by atoms with van der Waals surface area (Å²) in [6, 6.07) is 8.57. The summed E-state index contributed by atoms with van der Waals surface area (Å²) in [5, 5.41) is 1.22. The lowest BCUT2D eigenvalue weighted by Gasteiger charge is -2.18. The Kier molecular flexibility index (Phi) is 4.05. The fourth-order valence-corrected chi connectivity index (χ4v) is 2.41. The predicted octanol–water partition coefficient (Wildman–Crippen LogP) is 2.75. The molecule has 19 heavy (non-hydrogen) atoms. The van der Waals surface area contributed by atoms with Crippen LogP contribution in [0.1, 0.15) is 18.2 Å². The van der Waals surface area contributed by atoms with Crippen molar-refractivity contribution in [3.63, 3.8) is 0 Å². The Labute approximate surface area is 115 Å². The van der Waals surface area contributed by atoms with Crippen LogP contribution < -0.4 is 10.6 Å². The predicted molar refractivity (Wildman–Crippen MR) is 82.7 cm³/mol. The zero-order chi connectivity index (χ0) is 14.0. The van der Waals surface area contributed by atoms with Crippen molar-refractivity contribution in [3.05, 3.63) is 35.5 Å². The Hall–Kier alpha value is -1.61. The Morgan fingerprint density at radius 1 is 1.32 bits per heavy atom. The molecule has 0 aliphatic heterocycles. The topological polar surface area (TPSA) is 42.1 Å². The van der Waals surface area contributed by atoms with E-state index in [1.807, 2.05) is 0 Å². The number of hydrogen-bond donors (Lipinski definition) is 1. The molecule has 0 amide bonds. The molecule has 2 rings (SSSR count). The molecule has 2 aromatic rings. The minimum Gasteiger partial charge on any atom is -0.377 e. The van der Waals surface area contributed by atoms with E-state index in [-0.39, 0.29) is 0 Å². The van der Waals surface area contributed by atoms with Crippen LogP contribution in [0.4, 0.5) is 5.69 Å². The second-order valence-corrected chi connectivity index (χ2v) is 5.54. The monoisotopic (exact) mass is 257 g/mol. The summed E-state index contributed by atoms with van der Waals surface area (Å²) in [5.41, 5.74) is 10.4. The van der Waals surface area contributed by atoms with Crippen LogP contribution in [0.2, 0.25) is 0 Å². The second kappa shape index (κ2) is 5.57. The van der Waals surface area contributed by atoms with Gasteiger partial charge >= 0.3 is 0 Å². The van der Waals surface area contributed by atoms with Gasteiger partial charge in [-0.05, 0) is 37.4 Å². The van der Waals surface area contributed by atoms with E-state index in [1.54, 1.807) is 0 Å². The summed E-state index contributed by atoms with van der Waals surface area (Å²) in [7, 11) is 4.15. The molecular formula is C16H23N3. The minimum absolute atomic E-state index is 0.482. The van der Waals surface area contributed by atoms with Crippen LogP contribution in [0.15, 0.2) is 24.3 Å². The number of para-hydroxylation sites is 1. The summed E-state index contributed by atoms with van der Waals surface area (Å²) in [6.45, 7) is 4.94. The molecule has 3 nitrogen and oxygen atoms in total. The molecule has 3 heteroatoms. The smallest absolute Gasteiger partial charge is 0.0758 e. The average Bonchev–Trinajstić information content (AvgIpc) is 2.38. The van der Waals surface area contributed by atoms with Gasteiger partial charge in [-0.3, -0.25) is 4.98 Å². The van der Waals surface area contributed by atoms with E-state index in [4.69, 9.17) is 10.7 Å². The normalized spacial score (nSPS) is 12.7. The number of aryl methyl sites for hydroxylation is 1. The van der Waals surface area contributed by atoms with Gasteiger partial charge < -0.3 is 10.6 Å². The van der Waals surface area contributed by atoms with Crippen molar-refractivity contribution in [3.8, 4) is 0 Å². The number of fused-ring (bicyclic) bond motifs is 1. The molecule has 0 bridgehead atoms. The zero-order valence-corrected chi connectivity index (χ0v) is 12.3. The summed E-state index contributed by atoms with van der Waals surface area (Å²) in [4.78, 5) is 6.88. The molecule has 1 aromatic heterocycles. The van der Waals surface area contributed by atoms with Crippen molar-refractivity contribution >= 4 is 16.6 Å². The number of nitrogens with two attached hydrogens (primary N) is 1. The van der Waals surface area contributed by atoms with Gasteiger partial charge in [-0.25, -0.2) is 0 Å². The number of rotatable bonds is 4. The fraction of sp³-hybridized carbons (Fsp3) is 0.438. The third-order valence-electron chi connectivity index (χ3n) is 3.48. The van der Waals surface area contributed by atoms with E-state index in [9.17, 15) is 0 Å². The average molecular weight is 257 g/mol. The first-order valence-corrected chi connectivity index (χ1v) is 6.79. The second-order valence-electron chi connectivity index (χ2n) is 5.54. The first-order chi connectivity index (χ1) is 9.02. The van der Waals surface area contributed by atoms with Crippen molar-refractivity contribution in [1.82, 2.24) is 4.98 Å². The van der Waals surface area contributed by atoms with Gasteiger partial charge in [0.1, 0.15) is 0 Å². The van der Waals surface area contributed by atoms with Gasteiger partial charge in [0.05, 0.1) is 5.52 Å². The highest BCUT2D eigenvalue weighted by Gasteiger charge is 2.11. The molecular weight excluding hydrogens is 234 g/mol. The maximum atomic E-state index is 5.74. The highest BCUT2D eigenvalue weighted by atomic mass is 15.1. The van der Waals surface area contributed by atoms with Crippen molar-refractivity contribution < 1.29 is 0 Å². The molecule has 1 atom stereocenters. The Morgan fingerprint density at radius 2 is 2.05 bits per heavy atom. The number of anilines is 1. The lowest BCUT2D eigenvalue weighted by atomic mass is 9.98. The molecule has 1 heterocycles. The van der Waals surface area contributed by atoms with Gasteiger partial charge in [0.15, 0.2) is 0 Å². The van der Waals surface area contributed by atoms with Gasteiger partial charge in [0.25, 0.3) is 0 Å². The van der Waals surface area contributed by atoms with E-state index in [0.717, 1.165) is 17.6 Å². The SMILES string of the molecule is Cc1cc(N(C)C)c2cccc(CC(C)CN)c2n1. The van der Waals surface area contributed by atoms with Gasteiger partial charge in [0.2, 0.25) is 0 Å². The molecule has 102 valence electrons. The Morgan fingerprint density at radius 3 is 2.68 bits per heavy atom. The summed E-state index contributed by atoms with van der Waals surface area (Å²) in [5.74, 6) is 0.482. The summed E-state index contributed by atoms with van der Waals surface area (Å²) >= 11 is 0. The van der Waals surface area contributed by atoms with Gasteiger partial charge in [-0.15, -0.1) is 0 Å². The minimum atomic E-state index is 0.482. The van der Waals surface area contributed by atoms with Crippen LogP contribution in [-0.2, 0) is 6.42 Å². The van der Waals surface area contributed by atoms with Crippen LogP contribution in [-0.4, -0.2) is 25.6 Å². The van der Waals surface area contributed by atoms with Crippen LogP contribution >= 0.6 is 0 Å². The quantitative estimate of drug-likeness (QED) is 0.915. The zero-order valence-electron chi connectivity index (χ0n) is 12.3. The molecule has 0 radical (unpaired) electrons. The molecule has 0 saturated heterocycles. The van der Waals surface area contributed by atoms with E-state index in [2.05, 4.69) is 57.1 Å². The number of hydrogen-bond acceptors (Lipinski definition) is 3. The molecule has 0 spiro atoms. The van der Waals surface area contributed by atoms with Gasteiger partial charge in [-0.2, -0.15) is 0 Å². The number of nitrogens with zero attached hydrogens (tertiary/aromatic N) is 2. The number of aromatic nitrogens is 1. The van der Waals surface area contributed by atoms with E-state index in [0.29, 0.717) is 12.5 Å². The highest BCUT2D eigenvalue weighted by molar-refractivity contribution is 5.93. The molecule has 0 fully saturated rings. The first kappa shape index (κ1) is 13.8. The summed E-state index contributed by atoms with van der Waals surface area (Å²) < 4.78 is 0. The van der Waals surface area contributed by atoms with E-state index >= 15 is 0 Å². The van der Waals surface area contributed by atoms with E-state index in [1.165, 1.54) is 16.6 Å². The highest BCUT2D eigenvalue weighted by Crippen LogP contribution is 2.28. The van der Waals surface area contributed by atoms with Crippen LogP contribution in [0.3, 0.4) is 0 Å². The maximum absolute atomic E-state index is 5.74. The molecule has 1 unspecified atom stereocenters. The van der Waals surface area contributed by atoms with Crippen molar-refractivity contribution in [2.45, 2.75) is 20.3 Å². The maximum Gasteiger partial charge on any atom is 0.0758 e. The third kappa shape index (κ3) is 2.87. The largest absolute Gasteiger partial charge is 0.377 e.